The third-order valence-electron chi connectivity index (χ3n) is 7.15. The number of amides is 2. The molecule has 5 heteroatoms. The molecule has 2 saturated heterocycles. The van der Waals surface area contributed by atoms with Gasteiger partial charge in [0, 0.05) is 25.3 Å². The summed E-state index contributed by atoms with van der Waals surface area (Å²) in [5.74, 6) is 1.88. The molecule has 3 fully saturated rings. The van der Waals surface area contributed by atoms with Crippen LogP contribution in [-0.2, 0) is 9.59 Å². The van der Waals surface area contributed by atoms with Gasteiger partial charge in [0.2, 0.25) is 11.8 Å². The summed E-state index contributed by atoms with van der Waals surface area (Å²) in [4.78, 5) is 27.9. The lowest BCUT2D eigenvalue weighted by atomic mass is 9.86. The van der Waals surface area contributed by atoms with Crippen molar-refractivity contribution in [2.24, 2.45) is 5.92 Å². The highest BCUT2D eigenvalue weighted by molar-refractivity contribution is 5.79. The van der Waals surface area contributed by atoms with Crippen molar-refractivity contribution in [2.75, 3.05) is 13.7 Å². The molecule has 2 amide bonds. The molecule has 4 rings (SSSR count). The quantitative estimate of drug-likeness (QED) is 0.833. The standard InChI is InChI=1S/C24H34N2O3/c1-29-19-11-7-10-18(15-19)20-16-26(23(28)14-17-8-3-2-4-9-17)21-12-5-6-13-22(27)25-24(20)21/h7,10-11,15,17,20-21,24H,2-6,8-9,12-14,16H2,1H3,(H,25,27)/t20-,21+,24-/m0/s1. The van der Waals surface area contributed by atoms with Gasteiger partial charge in [-0.1, -0.05) is 37.8 Å². The van der Waals surface area contributed by atoms with Crippen LogP contribution in [0.2, 0.25) is 0 Å². The van der Waals surface area contributed by atoms with Crippen LogP contribution in [0.15, 0.2) is 24.3 Å². The summed E-state index contributed by atoms with van der Waals surface area (Å²) in [6.45, 7) is 0.689. The second-order valence-electron chi connectivity index (χ2n) is 9.04. The van der Waals surface area contributed by atoms with Gasteiger partial charge in [0.15, 0.2) is 0 Å². The molecule has 0 unspecified atom stereocenters. The first-order chi connectivity index (χ1) is 14.2. The largest absolute Gasteiger partial charge is 0.497 e. The summed E-state index contributed by atoms with van der Waals surface area (Å²) >= 11 is 0. The number of ether oxygens (including phenoxy) is 1. The minimum absolute atomic E-state index is 0.00906. The maximum atomic E-state index is 13.3. The Morgan fingerprint density at radius 2 is 1.93 bits per heavy atom. The van der Waals surface area contributed by atoms with Gasteiger partial charge in [-0.05, 0) is 49.3 Å². The molecule has 1 aromatic rings. The molecule has 0 aromatic heterocycles. The summed E-state index contributed by atoms with van der Waals surface area (Å²) in [6.07, 6.45) is 10.3. The number of benzene rings is 1. The zero-order valence-corrected chi connectivity index (χ0v) is 17.6. The molecule has 158 valence electrons. The van der Waals surface area contributed by atoms with Crippen molar-refractivity contribution in [3.8, 4) is 5.75 Å². The van der Waals surface area contributed by atoms with Crippen LogP contribution in [0.25, 0.3) is 0 Å². The molecule has 5 nitrogen and oxygen atoms in total. The molecule has 3 aliphatic rings. The van der Waals surface area contributed by atoms with E-state index in [-0.39, 0.29) is 29.8 Å². The molecule has 1 aliphatic carbocycles. The summed E-state index contributed by atoms with van der Waals surface area (Å²) < 4.78 is 5.42. The van der Waals surface area contributed by atoms with Crippen molar-refractivity contribution in [3.63, 3.8) is 0 Å². The van der Waals surface area contributed by atoms with Crippen molar-refractivity contribution in [1.29, 1.82) is 0 Å². The van der Waals surface area contributed by atoms with Crippen LogP contribution in [0.1, 0.15) is 75.7 Å². The lowest BCUT2D eigenvalue weighted by Crippen LogP contribution is -2.49. The van der Waals surface area contributed by atoms with Crippen LogP contribution in [0.4, 0.5) is 0 Å². The predicted molar refractivity (Wildman–Crippen MR) is 113 cm³/mol. The first-order valence-corrected chi connectivity index (χ1v) is 11.4. The van der Waals surface area contributed by atoms with E-state index < -0.39 is 0 Å². The SMILES string of the molecule is COc1cccc([C@@H]2CN(C(=O)CC3CCCCC3)[C@@H]3CCCCC(=O)N[C@H]32)c1. The third kappa shape index (κ3) is 4.59. The average Bonchev–Trinajstić information content (AvgIpc) is 3.08. The number of nitrogens with one attached hydrogen (secondary N) is 1. The van der Waals surface area contributed by atoms with E-state index >= 15 is 0 Å². The van der Waals surface area contributed by atoms with Crippen molar-refractivity contribution in [2.45, 2.75) is 82.2 Å². The summed E-state index contributed by atoms with van der Waals surface area (Å²) in [5, 5.41) is 3.28. The molecule has 0 spiro atoms. The summed E-state index contributed by atoms with van der Waals surface area (Å²) in [6, 6.07) is 8.20. The Bertz CT molecular complexity index is 729. The Morgan fingerprint density at radius 3 is 2.72 bits per heavy atom. The van der Waals surface area contributed by atoms with Crippen molar-refractivity contribution in [3.05, 3.63) is 29.8 Å². The number of carbonyl (C=O) groups is 2. The number of hydrogen-bond donors (Lipinski definition) is 1. The van der Waals surface area contributed by atoms with E-state index in [0.29, 0.717) is 25.3 Å². The normalized spacial score (nSPS) is 28.2. The molecular formula is C24H34N2O3. The number of hydrogen-bond acceptors (Lipinski definition) is 3. The highest BCUT2D eigenvalue weighted by atomic mass is 16.5. The van der Waals surface area contributed by atoms with Crippen LogP contribution in [0, 0.1) is 5.92 Å². The third-order valence-corrected chi connectivity index (χ3v) is 7.15. The van der Waals surface area contributed by atoms with Gasteiger partial charge in [0.1, 0.15) is 5.75 Å². The lowest BCUT2D eigenvalue weighted by Gasteiger charge is -2.32. The number of rotatable bonds is 4. The van der Waals surface area contributed by atoms with E-state index in [9.17, 15) is 9.59 Å². The second-order valence-corrected chi connectivity index (χ2v) is 9.04. The number of fused-ring (bicyclic) bond motifs is 1. The topological polar surface area (TPSA) is 58.6 Å². The van der Waals surface area contributed by atoms with E-state index in [0.717, 1.165) is 30.6 Å². The monoisotopic (exact) mass is 398 g/mol. The summed E-state index contributed by atoms with van der Waals surface area (Å²) in [7, 11) is 1.67. The van der Waals surface area contributed by atoms with Crippen LogP contribution in [0.3, 0.4) is 0 Å². The average molecular weight is 399 g/mol. The smallest absolute Gasteiger partial charge is 0.223 e. The van der Waals surface area contributed by atoms with Crippen molar-refractivity contribution in [1.82, 2.24) is 10.2 Å². The molecule has 1 aromatic carbocycles. The van der Waals surface area contributed by atoms with E-state index in [1.807, 2.05) is 12.1 Å². The van der Waals surface area contributed by atoms with Gasteiger partial charge in [-0.25, -0.2) is 0 Å². The van der Waals surface area contributed by atoms with Crippen LogP contribution < -0.4 is 10.1 Å². The number of likely N-dealkylation sites (tertiary alicyclic amines) is 1. The Morgan fingerprint density at radius 1 is 1.14 bits per heavy atom. The lowest BCUT2D eigenvalue weighted by molar-refractivity contribution is -0.134. The zero-order valence-electron chi connectivity index (χ0n) is 17.6. The number of nitrogens with zero attached hydrogens (tertiary/aromatic N) is 1. The number of methoxy groups -OCH3 is 1. The van der Waals surface area contributed by atoms with Gasteiger partial charge in [-0.2, -0.15) is 0 Å². The Hall–Kier alpha value is -2.04. The van der Waals surface area contributed by atoms with Crippen molar-refractivity contribution >= 4 is 11.8 Å². The maximum absolute atomic E-state index is 13.3. The van der Waals surface area contributed by atoms with E-state index in [1.165, 1.54) is 32.1 Å². The zero-order chi connectivity index (χ0) is 20.2. The van der Waals surface area contributed by atoms with Gasteiger partial charge in [0.25, 0.3) is 0 Å². The molecule has 29 heavy (non-hydrogen) atoms. The van der Waals surface area contributed by atoms with Crippen LogP contribution >= 0.6 is 0 Å². The van der Waals surface area contributed by atoms with Crippen LogP contribution in [-0.4, -0.2) is 42.5 Å². The summed E-state index contributed by atoms with van der Waals surface area (Å²) in [5.41, 5.74) is 1.15. The van der Waals surface area contributed by atoms with Gasteiger partial charge >= 0.3 is 0 Å². The van der Waals surface area contributed by atoms with Crippen molar-refractivity contribution < 1.29 is 14.3 Å². The second kappa shape index (κ2) is 9.19. The fourth-order valence-electron chi connectivity index (χ4n) is 5.58. The molecule has 3 atom stereocenters. The van der Waals surface area contributed by atoms with Gasteiger partial charge in [-0.15, -0.1) is 0 Å². The van der Waals surface area contributed by atoms with Gasteiger partial charge in [-0.3, -0.25) is 9.59 Å². The fourth-order valence-corrected chi connectivity index (χ4v) is 5.58. The fraction of sp³-hybridized carbons (Fsp3) is 0.667. The Kier molecular flexibility index (Phi) is 6.41. The van der Waals surface area contributed by atoms with E-state index in [4.69, 9.17) is 4.74 Å². The molecule has 2 heterocycles. The predicted octanol–water partition coefficient (Wildman–Crippen LogP) is 4.02. The first-order valence-electron chi connectivity index (χ1n) is 11.4. The molecule has 0 radical (unpaired) electrons. The van der Waals surface area contributed by atoms with Gasteiger partial charge < -0.3 is 15.0 Å². The van der Waals surface area contributed by atoms with E-state index in [1.54, 1.807) is 7.11 Å². The Balaban J connectivity index is 1.57. The maximum Gasteiger partial charge on any atom is 0.223 e. The first kappa shape index (κ1) is 20.2. The molecule has 1 N–H and O–H groups in total. The number of carbonyl (C=O) groups excluding carboxylic acids is 2. The van der Waals surface area contributed by atoms with Crippen LogP contribution in [0.5, 0.6) is 5.75 Å². The molecule has 2 aliphatic heterocycles. The minimum atomic E-state index is -0.00906. The Labute approximate surface area is 174 Å². The van der Waals surface area contributed by atoms with Gasteiger partial charge in [0.05, 0.1) is 19.2 Å². The highest BCUT2D eigenvalue weighted by Crippen LogP contribution is 2.38. The molecule has 1 saturated carbocycles. The minimum Gasteiger partial charge on any atom is -0.497 e. The molecular weight excluding hydrogens is 364 g/mol. The van der Waals surface area contributed by atoms with E-state index in [2.05, 4.69) is 22.3 Å². The molecule has 0 bridgehead atoms. The highest BCUT2D eigenvalue weighted by Gasteiger charge is 2.45.